The van der Waals surface area contributed by atoms with E-state index in [0.29, 0.717) is 6.61 Å². The Kier molecular flexibility index (Phi) is 3.04. The summed E-state index contributed by atoms with van der Waals surface area (Å²) >= 11 is 1.58. The lowest BCUT2D eigenvalue weighted by Crippen LogP contribution is -1.95. The predicted molar refractivity (Wildman–Crippen MR) is 42.2 cm³/mol. The highest BCUT2D eigenvalue weighted by molar-refractivity contribution is 7.09. The molecule has 1 aromatic heterocycles. The molecular weight excluding hydrogens is 162 g/mol. The molecule has 1 aromatic rings. The van der Waals surface area contributed by atoms with Gasteiger partial charge in [-0.3, -0.25) is 0 Å². The van der Waals surface area contributed by atoms with Crippen LogP contribution < -0.4 is 0 Å². The molecule has 0 aromatic carbocycles. The lowest BCUT2D eigenvalue weighted by Gasteiger charge is -1.94. The lowest BCUT2D eigenvalue weighted by molar-refractivity contribution is 0.282. The SMILES string of the molecule is Cc1ncsc1CCO[C]=O. The molecule has 0 saturated heterocycles. The zero-order valence-corrected chi connectivity index (χ0v) is 6.98. The third kappa shape index (κ3) is 2.31. The summed E-state index contributed by atoms with van der Waals surface area (Å²) in [7, 11) is 0. The molecule has 0 N–H and O–H groups in total. The maximum absolute atomic E-state index is 9.66. The molecular formula is C7H8NO2S. The monoisotopic (exact) mass is 170 g/mol. The summed E-state index contributed by atoms with van der Waals surface area (Å²) in [6.45, 7) is 3.72. The van der Waals surface area contributed by atoms with Crippen molar-refractivity contribution >= 4 is 17.8 Å². The summed E-state index contributed by atoms with van der Waals surface area (Å²) in [4.78, 5) is 14.9. The number of thiazole rings is 1. The van der Waals surface area contributed by atoms with Crippen LogP contribution in [0.15, 0.2) is 5.51 Å². The number of hydrogen-bond acceptors (Lipinski definition) is 4. The van der Waals surface area contributed by atoms with E-state index in [2.05, 4.69) is 9.72 Å². The van der Waals surface area contributed by atoms with Crippen molar-refractivity contribution in [3.8, 4) is 0 Å². The van der Waals surface area contributed by atoms with Gasteiger partial charge in [0.2, 0.25) is 0 Å². The van der Waals surface area contributed by atoms with E-state index in [4.69, 9.17) is 0 Å². The summed E-state index contributed by atoms with van der Waals surface area (Å²) in [6.07, 6.45) is 0.742. The van der Waals surface area contributed by atoms with Crippen LogP contribution in [0.4, 0.5) is 0 Å². The Morgan fingerprint density at radius 1 is 1.82 bits per heavy atom. The molecule has 0 aliphatic rings. The number of aryl methyl sites for hydroxylation is 1. The first kappa shape index (κ1) is 8.20. The largest absolute Gasteiger partial charge is 0.457 e. The molecule has 0 aliphatic carbocycles. The number of aromatic nitrogens is 1. The van der Waals surface area contributed by atoms with Crippen LogP contribution in [-0.2, 0) is 16.0 Å². The van der Waals surface area contributed by atoms with Gasteiger partial charge in [-0.25, -0.2) is 9.78 Å². The van der Waals surface area contributed by atoms with Gasteiger partial charge in [-0.15, -0.1) is 11.3 Å². The molecule has 0 aliphatic heterocycles. The molecule has 1 radical (unpaired) electrons. The van der Waals surface area contributed by atoms with Crippen LogP contribution in [0.25, 0.3) is 0 Å². The second kappa shape index (κ2) is 4.08. The topological polar surface area (TPSA) is 39.2 Å². The third-order valence-corrected chi connectivity index (χ3v) is 2.33. The van der Waals surface area contributed by atoms with Crippen molar-refractivity contribution in [3.05, 3.63) is 16.1 Å². The van der Waals surface area contributed by atoms with Gasteiger partial charge in [-0.05, 0) is 6.92 Å². The summed E-state index contributed by atoms with van der Waals surface area (Å²) in [5.41, 5.74) is 2.81. The minimum absolute atomic E-state index is 0.395. The van der Waals surface area contributed by atoms with Gasteiger partial charge in [0.05, 0.1) is 17.8 Å². The van der Waals surface area contributed by atoms with Crippen molar-refractivity contribution in [3.63, 3.8) is 0 Å². The molecule has 0 unspecified atom stereocenters. The van der Waals surface area contributed by atoms with E-state index in [1.54, 1.807) is 16.8 Å². The molecule has 1 heterocycles. The smallest absolute Gasteiger partial charge is 0.417 e. The van der Waals surface area contributed by atoms with E-state index in [1.165, 1.54) is 11.3 Å². The van der Waals surface area contributed by atoms with Gasteiger partial charge in [-0.2, -0.15) is 0 Å². The molecule has 0 spiro atoms. The Hall–Kier alpha value is -0.900. The highest BCUT2D eigenvalue weighted by Crippen LogP contribution is 2.12. The first-order valence-electron chi connectivity index (χ1n) is 3.22. The Morgan fingerprint density at radius 2 is 2.64 bits per heavy atom. The van der Waals surface area contributed by atoms with Gasteiger partial charge in [0.25, 0.3) is 0 Å². The fourth-order valence-electron chi connectivity index (χ4n) is 0.752. The van der Waals surface area contributed by atoms with Gasteiger partial charge < -0.3 is 4.74 Å². The van der Waals surface area contributed by atoms with Crippen LogP contribution >= 0.6 is 11.3 Å². The van der Waals surface area contributed by atoms with Crippen molar-refractivity contribution < 1.29 is 9.53 Å². The molecule has 4 heteroatoms. The first-order chi connectivity index (χ1) is 5.34. The van der Waals surface area contributed by atoms with E-state index in [1.807, 2.05) is 6.92 Å². The van der Waals surface area contributed by atoms with Crippen LogP contribution in [0.1, 0.15) is 10.6 Å². The maximum atomic E-state index is 9.66. The average Bonchev–Trinajstić information content (AvgIpc) is 2.37. The molecule has 0 amide bonds. The maximum Gasteiger partial charge on any atom is 0.417 e. The number of carbonyl (C=O) groups excluding carboxylic acids is 1. The summed E-state index contributed by atoms with van der Waals surface area (Å²) in [5.74, 6) is 0. The molecule has 3 nitrogen and oxygen atoms in total. The molecule has 11 heavy (non-hydrogen) atoms. The lowest BCUT2D eigenvalue weighted by atomic mass is 10.3. The zero-order chi connectivity index (χ0) is 8.10. The number of nitrogens with zero attached hydrogens (tertiary/aromatic N) is 1. The second-order valence-electron chi connectivity index (χ2n) is 2.04. The molecule has 59 valence electrons. The highest BCUT2D eigenvalue weighted by Gasteiger charge is 1.99. The van der Waals surface area contributed by atoms with Crippen molar-refractivity contribution in [2.45, 2.75) is 13.3 Å². The molecule has 0 saturated carbocycles. The fourth-order valence-corrected chi connectivity index (χ4v) is 1.51. The Labute approximate surface area is 69.0 Å². The second-order valence-corrected chi connectivity index (χ2v) is 2.98. The van der Waals surface area contributed by atoms with E-state index in [0.717, 1.165) is 12.1 Å². The third-order valence-electron chi connectivity index (χ3n) is 1.33. The minimum atomic E-state index is 0.395. The Bertz CT molecular complexity index is 234. The number of rotatable bonds is 4. The van der Waals surface area contributed by atoms with Gasteiger partial charge in [-0.1, -0.05) is 0 Å². The Balaban J connectivity index is 2.38. The van der Waals surface area contributed by atoms with Crippen LogP contribution in [0.3, 0.4) is 0 Å². The van der Waals surface area contributed by atoms with Crippen LogP contribution in [0, 0.1) is 6.92 Å². The van der Waals surface area contributed by atoms with Gasteiger partial charge >= 0.3 is 6.47 Å². The first-order valence-corrected chi connectivity index (χ1v) is 4.10. The number of hydrogen-bond donors (Lipinski definition) is 0. The molecule has 0 bridgehead atoms. The Morgan fingerprint density at radius 3 is 3.18 bits per heavy atom. The predicted octanol–water partition coefficient (Wildman–Crippen LogP) is 1.08. The molecule has 0 atom stereocenters. The number of ether oxygens (including phenoxy) is 1. The minimum Gasteiger partial charge on any atom is -0.457 e. The van der Waals surface area contributed by atoms with E-state index >= 15 is 0 Å². The molecule has 0 fully saturated rings. The molecule has 1 rings (SSSR count). The summed E-state index contributed by atoms with van der Waals surface area (Å²) in [6, 6.07) is 0. The standard InChI is InChI=1S/C7H8NO2S/c1-6-7(11-4-8-6)2-3-10-5-9/h4H,2-3H2,1H3. The van der Waals surface area contributed by atoms with Crippen LogP contribution in [-0.4, -0.2) is 18.1 Å². The van der Waals surface area contributed by atoms with Gasteiger partial charge in [0, 0.05) is 11.3 Å². The fraction of sp³-hybridized carbons (Fsp3) is 0.429. The van der Waals surface area contributed by atoms with Crippen molar-refractivity contribution in [2.24, 2.45) is 0 Å². The van der Waals surface area contributed by atoms with E-state index < -0.39 is 0 Å². The van der Waals surface area contributed by atoms with Crippen molar-refractivity contribution in [2.75, 3.05) is 6.61 Å². The summed E-state index contributed by atoms with van der Waals surface area (Å²) < 4.78 is 4.44. The van der Waals surface area contributed by atoms with E-state index in [9.17, 15) is 4.79 Å². The quantitative estimate of drug-likeness (QED) is 0.635. The normalized spacial score (nSPS) is 9.55. The van der Waals surface area contributed by atoms with Gasteiger partial charge in [0.1, 0.15) is 0 Å². The summed E-state index contributed by atoms with van der Waals surface area (Å²) in [5, 5.41) is 0. The van der Waals surface area contributed by atoms with Crippen molar-refractivity contribution in [1.82, 2.24) is 4.98 Å². The van der Waals surface area contributed by atoms with Crippen LogP contribution in [0.5, 0.6) is 0 Å². The van der Waals surface area contributed by atoms with E-state index in [-0.39, 0.29) is 0 Å². The van der Waals surface area contributed by atoms with Crippen molar-refractivity contribution in [1.29, 1.82) is 0 Å². The zero-order valence-electron chi connectivity index (χ0n) is 6.16. The van der Waals surface area contributed by atoms with Crippen LogP contribution in [0.2, 0.25) is 0 Å². The van der Waals surface area contributed by atoms with Gasteiger partial charge in [0.15, 0.2) is 0 Å². The highest BCUT2D eigenvalue weighted by atomic mass is 32.1. The average molecular weight is 170 g/mol.